The smallest absolute Gasteiger partial charge is 0.120 e. The molecule has 1 aromatic carbocycles. The highest BCUT2D eigenvalue weighted by Gasteiger charge is 2.36. The lowest BCUT2D eigenvalue weighted by atomic mass is 9.97. The van der Waals surface area contributed by atoms with Gasteiger partial charge >= 0.3 is 0 Å². The fourth-order valence-electron chi connectivity index (χ4n) is 4.07. The van der Waals surface area contributed by atoms with Crippen LogP contribution in [0.1, 0.15) is 61.3 Å². The number of fused-ring (bicyclic) bond motifs is 1. The van der Waals surface area contributed by atoms with E-state index in [-0.39, 0.29) is 18.0 Å². The molecule has 3 nitrogen and oxygen atoms in total. The quantitative estimate of drug-likeness (QED) is 0.864. The van der Waals surface area contributed by atoms with Crippen LogP contribution in [0.15, 0.2) is 12.1 Å². The molecule has 2 N–H and O–H groups in total. The van der Waals surface area contributed by atoms with E-state index in [2.05, 4.69) is 25.2 Å². The van der Waals surface area contributed by atoms with Crippen LogP contribution in [-0.4, -0.2) is 11.1 Å². The van der Waals surface area contributed by atoms with Gasteiger partial charge in [-0.1, -0.05) is 19.4 Å². The first-order valence-corrected chi connectivity index (χ1v) is 7.59. The maximum Gasteiger partial charge on any atom is 0.120 e. The van der Waals surface area contributed by atoms with Gasteiger partial charge < -0.3 is 10.4 Å². The van der Waals surface area contributed by atoms with Crippen molar-refractivity contribution >= 4 is 0 Å². The summed E-state index contributed by atoms with van der Waals surface area (Å²) in [6, 6.07) is 6.70. The number of hydrogen-bond donors (Lipinski definition) is 2. The summed E-state index contributed by atoms with van der Waals surface area (Å²) in [6.45, 7) is 4.34. The van der Waals surface area contributed by atoms with E-state index in [9.17, 15) is 10.4 Å². The lowest BCUT2D eigenvalue weighted by Gasteiger charge is -2.22. The molecule has 0 saturated heterocycles. The third kappa shape index (κ3) is 2.09. The summed E-state index contributed by atoms with van der Waals surface area (Å²) in [5, 5.41) is 23.1. The first kappa shape index (κ1) is 13.5. The van der Waals surface area contributed by atoms with Crippen molar-refractivity contribution in [1.82, 2.24) is 5.32 Å². The van der Waals surface area contributed by atoms with Gasteiger partial charge in [-0.15, -0.1) is 0 Å². The van der Waals surface area contributed by atoms with Gasteiger partial charge in [0, 0.05) is 17.6 Å². The molecule has 0 heterocycles. The van der Waals surface area contributed by atoms with Crippen molar-refractivity contribution in [3.8, 4) is 11.8 Å². The van der Waals surface area contributed by atoms with Crippen LogP contribution in [0.3, 0.4) is 0 Å². The number of hydrogen-bond acceptors (Lipinski definition) is 3. The van der Waals surface area contributed by atoms with E-state index < -0.39 is 0 Å². The second kappa shape index (κ2) is 5.10. The maximum atomic E-state index is 10.2. The van der Waals surface area contributed by atoms with Crippen molar-refractivity contribution in [2.75, 3.05) is 0 Å². The number of phenolic OH excluding ortho intramolecular Hbond substituents is 1. The molecule has 2 aliphatic carbocycles. The van der Waals surface area contributed by atoms with Crippen LogP contribution in [0.25, 0.3) is 0 Å². The summed E-state index contributed by atoms with van der Waals surface area (Å²) < 4.78 is 0. The molecule has 0 aromatic heterocycles. The van der Waals surface area contributed by atoms with E-state index in [0.29, 0.717) is 11.7 Å². The summed E-state index contributed by atoms with van der Waals surface area (Å²) >= 11 is 0. The van der Waals surface area contributed by atoms with Crippen LogP contribution in [0.5, 0.6) is 5.75 Å². The molecule has 0 bridgehead atoms. The molecular formula is C17H22N2O. The summed E-state index contributed by atoms with van der Waals surface area (Å²) in [7, 11) is 0. The normalized spacial score (nSPS) is 32.0. The van der Waals surface area contributed by atoms with Gasteiger partial charge in [-0.25, -0.2) is 0 Å². The molecule has 0 spiro atoms. The van der Waals surface area contributed by atoms with E-state index in [0.717, 1.165) is 31.2 Å². The largest absolute Gasteiger partial charge is 0.508 e. The Morgan fingerprint density at radius 1 is 1.30 bits per heavy atom. The number of aromatic hydroxyl groups is 1. The summed E-state index contributed by atoms with van der Waals surface area (Å²) in [4.78, 5) is 0. The van der Waals surface area contributed by atoms with Gasteiger partial charge in [0.05, 0.1) is 12.0 Å². The molecule has 20 heavy (non-hydrogen) atoms. The van der Waals surface area contributed by atoms with Crippen molar-refractivity contribution in [3.05, 3.63) is 28.8 Å². The number of nitriles is 1. The molecule has 1 fully saturated rings. The fourth-order valence-corrected chi connectivity index (χ4v) is 4.07. The van der Waals surface area contributed by atoms with E-state index in [4.69, 9.17) is 0 Å². The van der Waals surface area contributed by atoms with Gasteiger partial charge in [0.1, 0.15) is 5.75 Å². The summed E-state index contributed by atoms with van der Waals surface area (Å²) in [5.74, 6) is 0.997. The molecule has 0 radical (unpaired) electrons. The number of rotatable bonds is 2. The Bertz CT molecular complexity index is 561. The lowest BCUT2D eigenvalue weighted by molar-refractivity contribution is 0.381. The van der Waals surface area contributed by atoms with E-state index in [1.165, 1.54) is 11.1 Å². The number of phenols is 1. The third-order valence-corrected chi connectivity index (χ3v) is 5.01. The fraction of sp³-hybridized carbons (Fsp3) is 0.588. The second-order valence-electron chi connectivity index (χ2n) is 6.36. The van der Waals surface area contributed by atoms with Crippen molar-refractivity contribution in [2.45, 2.75) is 57.5 Å². The van der Waals surface area contributed by atoms with Gasteiger partial charge in [-0.2, -0.15) is 5.26 Å². The molecule has 0 aliphatic heterocycles. The van der Waals surface area contributed by atoms with E-state index >= 15 is 0 Å². The zero-order valence-electron chi connectivity index (χ0n) is 12.2. The Kier molecular flexibility index (Phi) is 3.43. The Morgan fingerprint density at radius 2 is 2.10 bits per heavy atom. The number of benzene rings is 1. The Hall–Kier alpha value is -1.53. The van der Waals surface area contributed by atoms with Crippen LogP contribution in [0, 0.1) is 24.2 Å². The average molecular weight is 270 g/mol. The van der Waals surface area contributed by atoms with Crippen LogP contribution < -0.4 is 5.32 Å². The number of aryl methyl sites for hydroxylation is 1. The van der Waals surface area contributed by atoms with Crippen LogP contribution in [0.4, 0.5) is 0 Å². The SMILES string of the molecule is Cc1ccc(O)c2c1C(C)CC2NC1CCCC1C#N. The minimum atomic E-state index is 0.126. The molecule has 4 atom stereocenters. The average Bonchev–Trinajstić information content (AvgIpc) is 3.00. The Labute approximate surface area is 120 Å². The molecule has 4 unspecified atom stereocenters. The molecule has 2 aliphatic rings. The van der Waals surface area contributed by atoms with Gasteiger partial charge in [-0.05, 0) is 49.3 Å². The van der Waals surface area contributed by atoms with Crippen molar-refractivity contribution < 1.29 is 5.11 Å². The van der Waals surface area contributed by atoms with E-state index in [1.807, 2.05) is 6.07 Å². The molecular weight excluding hydrogens is 248 g/mol. The van der Waals surface area contributed by atoms with Gasteiger partial charge in [0.2, 0.25) is 0 Å². The lowest BCUT2D eigenvalue weighted by Crippen LogP contribution is -2.34. The predicted molar refractivity (Wildman–Crippen MR) is 78.5 cm³/mol. The number of nitrogens with zero attached hydrogens (tertiary/aromatic N) is 1. The highest BCUT2D eigenvalue weighted by molar-refractivity contribution is 5.51. The highest BCUT2D eigenvalue weighted by atomic mass is 16.3. The van der Waals surface area contributed by atoms with Gasteiger partial charge in [-0.3, -0.25) is 0 Å². The maximum absolute atomic E-state index is 10.2. The van der Waals surface area contributed by atoms with Crippen LogP contribution in [-0.2, 0) is 0 Å². The zero-order valence-corrected chi connectivity index (χ0v) is 12.2. The number of nitrogens with one attached hydrogen (secondary N) is 1. The Balaban J connectivity index is 1.88. The Morgan fingerprint density at radius 3 is 2.85 bits per heavy atom. The minimum absolute atomic E-state index is 0.126. The van der Waals surface area contributed by atoms with Gasteiger partial charge in [0.25, 0.3) is 0 Å². The highest BCUT2D eigenvalue weighted by Crippen LogP contribution is 2.46. The summed E-state index contributed by atoms with van der Waals surface area (Å²) in [6.07, 6.45) is 4.22. The van der Waals surface area contributed by atoms with Gasteiger partial charge in [0.15, 0.2) is 0 Å². The topological polar surface area (TPSA) is 56.0 Å². The monoisotopic (exact) mass is 270 g/mol. The zero-order chi connectivity index (χ0) is 14.3. The van der Waals surface area contributed by atoms with Crippen LogP contribution >= 0.6 is 0 Å². The van der Waals surface area contributed by atoms with Crippen molar-refractivity contribution in [1.29, 1.82) is 5.26 Å². The first-order chi connectivity index (χ1) is 9.61. The molecule has 3 heteroatoms. The first-order valence-electron chi connectivity index (χ1n) is 7.59. The summed E-state index contributed by atoms with van der Waals surface area (Å²) in [5.41, 5.74) is 3.63. The standard InChI is InChI=1S/C17H22N2O/c1-10-6-7-15(20)17-14(8-11(2)16(10)17)19-13-5-3-4-12(13)9-18/h6-7,11-14,19-20H,3-5,8H2,1-2H3. The third-order valence-electron chi connectivity index (χ3n) is 5.01. The van der Waals surface area contributed by atoms with Crippen LogP contribution in [0.2, 0.25) is 0 Å². The van der Waals surface area contributed by atoms with E-state index in [1.54, 1.807) is 6.07 Å². The van der Waals surface area contributed by atoms with Crippen molar-refractivity contribution in [2.24, 2.45) is 5.92 Å². The molecule has 106 valence electrons. The molecule has 0 amide bonds. The van der Waals surface area contributed by atoms with Crippen molar-refractivity contribution in [3.63, 3.8) is 0 Å². The molecule has 3 rings (SSSR count). The predicted octanol–water partition coefficient (Wildman–Crippen LogP) is 3.53. The molecule has 1 saturated carbocycles. The molecule has 1 aromatic rings. The second-order valence-corrected chi connectivity index (χ2v) is 6.36. The minimum Gasteiger partial charge on any atom is -0.508 e.